The van der Waals surface area contributed by atoms with Gasteiger partial charge in [-0.2, -0.15) is 0 Å². The van der Waals surface area contributed by atoms with Crippen LogP contribution in [0.3, 0.4) is 0 Å². The summed E-state index contributed by atoms with van der Waals surface area (Å²) in [6.45, 7) is 0. The monoisotopic (exact) mass is 292 g/mol. The number of hydrogen-bond acceptors (Lipinski definition) is 3. The molecule has 20 heavy (non-hydrogen) atoms. The van der Waals surface area contributed by atoms with Crippen molar-refractivity contribution >= 4 is 17.5 Å². The van der Waals surface area contributed by atoms with Gasteiger partial charge in [0.05, 0.1) is 5.94 Å². The number of ether oxygens (including phenoxy) is 1. The highest BCUT2D eigenvalue weighted by molar-refractivity contribution is 7.99. The fourth-order valence-electron chi connectivity index (χ4n) is 2.82. The van der Waals surface area contributed by atoms with E-state index >= 15 is 0 Å². The Kier molecular flexibility index (Phi) is 6.61. The zero-order valence-corrected chi connectivity index (χ0v) is 13.1. The van der Waals surface area contributed by atoms with E-state index in [-0.39, 0.29) is 0 Å². The van der Waals surface area contributed by atoms with Gasteiger partial charge < -0.3 is 4.74 Å². The van der Waals surface area contributed by atoms with E-state index in [4.69, 9.17) is 4.74 Å². The first-order valence-corrected chi connectivity index (χ1v) is 8.53. The molecule has 0 bridgehead atoms. The molecule has 2 rings (SSSR count). The Bertz CT molecular complexity index is 408. The number of hydrogen-bond donors (Lipinski definition) is 0. The predicted octanol–water partition coefficient (Wildman–Crippen LogP) is 4.93. The Morgan fingerprint density at radius 2 is 1.90 bits per heavy atom. The minimum atomic E-state index is 0.291. The molecular formula is C17H24O2S. The number of rotatable bonds is 7. The Labute approximate surface area is 126 Å². The molecular weight excluding hydrogens is 268 g/mol. The van der Waals surface area contributed by atoms with Crippen molar-refractivity contribution in [2.24, 2.45) is 5.92 Å². The molecule has 110 valence electrons. The van der Waals surface area contributed by atoms with E-state index < -0.39 is 0 Å². The van der Waals surface area contributed by atoms with Crippen LogP contribution >= 0.6 is 11.8 Å². The van der Waals surface area contributed by atoms with Gasteiger partial charge in [-0.1, -0.05) is 56.0 Å². The second-order valence-electron chi connectivity index (χ2n) is 5.54. The third-order valence-corrected chi connectivity index (χ3v) is 4.98. The highest BCUT2D eigenvalue weighted by Crippen LogP contribution is 2.28. The highest BCUT2D eigenvalue weighted by atomic mass is 32.2. The molecule has 0 N–H and O–H groups in total. The molecule has 0 radical (unpaired) electrons. The second kappa shape index (κ2) is 8.48. The van der Waals surface area contributed by atoms with Crippen molar-refractivity contribution < 1.29 is 9.53 Å². The lowest BCUT2D eigenvalue weighted by Gasteiger charge is -2.20. The van der Waals surface area contributed by atoms with Crippen LogP contribution in [-0.2, 0) is 4.74 Å². The van der Waals surface area contributed by atoms with E-state index in [0.29, 0.717) is 18.1 Å². The summed E-state index contributed by atoms with van der Waals surface area (Å²) in [5, 5.41) is 0. The van der Waals surface area contributed by atoms with Gasteiger partial charge in [-0.3, -0.25) is 4.79 Å². The molecule has 1 aliphatic rings. The lowest BCUT2D eigenvalue weighted by molar-refractivity contribution is 0.0970. The van der Waals surface area contributed by atoms with Crippen LogP contribution < -0.4 is 0 Å². The number of benzene rings is 1. The van der Waals surface area contributed by atoms with E-state index in [0.717, 1.165) is 22.8 Å². The van der Waals surface area contributed by atoms with Crippen molar-refractivity contribution in [2.75, 3.05) is 13.0 Å². The van der Waals surface area contributed by atoms with Crippen molar-refractivity contribution in [1.29, 1.82) is 0 Å². The quantitative estimate of drug-likeness (QED) is 0.405. The summed E-state index contributed by atoms with van der Waals surface area (Å²) in [5.41, 5.74) is 0.850. The van der Waals surface area contributed by atoms with Gasteiger partial charge in [0.1, 0.15) is 0 Å². The van der Waals surface area contributed by atoms with Gasteiger partial charge in [0, 0.05) is 24.0 Å². The Balaban J connectivity index is 1.79. The van der Waals surface area contributed by atoms with E-state index in [1.165, 1.54) is 32.1 Å². The molecule has 0 aliphatic heterocycles. The molecule has 1 aromatic rings. The summed E-state index contributed by atoms with van der Waals surface area (Å²) < 4.78 is 5.03. The Hall–Kier alpha value is -0.800. The molecule has 1 aromatic carbocycles. The van der Waals surface area contributed by atoms with E-state index in [1.807, 2.05) is 24.3 Å². The van der Waals surface area contributed by atoms with Gasteiger partial charge in [-0.15, -0.1) is 0 Å². The number of methoxy groups -OCH3 is 1. The van der Waals surface area contributed by atoms with Crippen molar-refractivity contribution in [2.45, 2.75) is 49.8 Å². The first kappa shape index (κ1) is 15.6. The Morgan fingerprint density at radius 1 is 1.20 bits per heavy atom. The van der Waals surface area contributed by atoms with Gasteiger partial charge in [0.2, 0.25) is 0 Å². The summed E-state index contributed by atoms with van der Waals surface area (Å²) in [6.07, 6.45) is 8.49. The number of carbonyl (C=O) groups excluding carboxylic acids is 1. The molecule has 0 saturated heterocycles. The van der Waals surface area contributed by atoms with Crippen molar-refractivity contribution in [3.05, 3.63) is 29.8 Å². The minimum Gasteiger partial charge on any atom is -0.374 e. The number of Topliss-reactive ketones (excluding diaryl/α,β-unsaturated/α-hetero) is 1. The van der Waals surface area contributed by atoms with Crippen molar-refractivity contribution in [3.63, 3.8) is 0 Å². The molecule has 0 aromatic heterocycles. The van der Waals surface area contributed by atoms with Crippen molar-refractivity contribution in [3.8, 4) is 0 Å². The topological polar surface area (TPSA) is 26.3 Å². The molecule has 1 saturated carbocycles. The highest BCUT2D eigenvalue weighted by Gasteiger charge is 2.15. The lowest BCUT2D eigenvalue weighted by Crippen LogP contribution is -2.09. The zero-order chi connectivity index (χ0) is 14.2. The molecule has 0 amide bonds. The van der Waals surface area contributed by atoms with Gasteiger partial charge in [-0.25, -0.2) is 0 Å². The molecule has 1 aliphatic carbocycles. The number of thioether (sulfide) groups is 1. The largest absolute Gasteiger partial charge is 0.374 e. The number of carbonyl (C=O) groups is 1. The van der Waals surface area contributed by atoms with Crippen LogP contribution in [0.25, 0.3) is 0 Å². The lowest BCUT2D eigenvalue weighted by atomic mass is 9.85. The molecule has 2 nitrogen and oxygen atoms in total. The number of ketones is 1. The average Bonchev–Trinajstić information content (AvgIpc) is 2.52. The summed E-state index contributed by atoms with van der Waals surface area (Å²) in [4.78, 5) is 13.3. The van der Waals surface area contributed by atoms with Crippen LogP contribution in [0.5, 0.6) is 0 Å². The normalized spacial score (nSPS) is 16.2. The van der Waals surface area contributed by atoms with E-state index in [1.54, 1.807) is 18.9 Å². The van der Waals surface area contributed by atoms with Crippen LogP contribution in [0, 0.1) is 5.92 Å². The molecule has 1 fully saturated rings. The molecule has 3 heteroatoms. The molecule has 0 spiro atoms. The molecule has 0 atom stereocenters. The first-order valence-electron chi connectivity index (χ1n) is 7.54. The fourth-order valence-corrected chi connectivity index (χ4v) is 3.40. The maximum atomic E-state index is 12.2. The predicted molar refractivity (Wildman–Crippen MR) is 84.3 cm³/mol. The summed E-state index contributed by atoms with van der Waals surface area (Å²) in [6, 6.07) is 7.91. The van der Waals surface area contributed by atoms with E-state index in [2.05, 4.69) is 0 Å². The fraction of sp³-hybridized carbons (Fsp3) is 0.588. The first-order chi connectivity index (χ1) is 9.79. The maximum absolute atomic E-state index is 12.2. The maximum Gasteiger partial charge on any atom is 0.162 e. The smallest absolute Gasteiger partial charge is 0.162 e. The van der Waals surface area contributed by atoms with Crippen LogP contribution in [-0.4, -0.2) is 18.8 Å². The Morgan fingerprint density at radius 3 is 2.55 bits per heavy atom. The van der Waals surface area contributed by atoms with Crippen LogP contribution in [0.4, 0.5) is 0 Å². The SMILES string of the molecule is COCSc1ccc(C(=O)CCC2CCCCC2)cc1. The molecule has 0 heterocycles. The van der Waals surface area contributed by atoms with Crippen LogP contribution in [0.15, 0.2) is 29.2 Å². The van der Waals surface area contributed by atoms with Crippen LogP contribution in [0.1, 0.15) is 55.3 Å². The summed E-state index contributed by atoms with van der Waals surface area (Å²) >= 11 is 1.64. The summed E-state index contributed by atoms with van der Waals surface area (Å²) in [7, 11) is 1.69. The third-order valence-electron chi connectivity index (χ3n) is 4.02. The van der Waals surface area contributed by atoms with Gasteiger partial charge in [-0.05, 0) is 24.5 Å². The van der Waals surface area contributed by atoms with Crippen molar-refractivity contribution in [1.82, 2.24) is 0 Å². The standard InChI is InChI=1S/C17H24O2S/c1-19-13-20-16-10-8-15(9-11-16)17(18)12-7-14-5-3-2-4-6-14/h8-11,14H,2-7,12-13H2,1H3. The zero-order valence-electron chi connectivity index (χ0n) is 12.3. The van der Waals surface area contributed by atoms with Gasteiger partial charge in [0.25, 0.3) is 0 Å². The second-order valence-corrected chi connectivity index (χ2v) is 6.54. The van der Waals surface area contributed by atoms with Gasteiger partial charge >= 0.3 is 0 Å². The average molecular weight is 292 g/mol. The third kappa shape index (κ3) is 4.95. The van der Waals surface area contributed by atoms with Gasteiger partial charge in [0.15, 0.2) is 5.78 Å². The van der Waals surface area contributed by atoms with E-state index in [9.17, 15) is 4.79 Å². The summed E-state index contributed by atoms with van der Waals surface area (Å²) in [5.74, 6) is 1.72. The minimum absolute atomic E-state index is 0.291. The van der Waals surface area contributed by atoms with Crippen LogP contribution in [0.2, 0.25) is 0 Å². The molecule has 0 unspecified atom stereocenters.